The molecule has 4 nitrogen and oxygen atoms in total. The Kier molecular flexibility index (Phi) is 5.70. The summed E-state index contributed by atoms with van der Waals surface area (Å²) < 4.78 is 5.45. The smallest absolute Gasteiger partial charge is 0.191 e. The molecule has 18 heavy (non-hydrogen) atoms. The quantitative estimate of drug-likeness (QED) is 0.454. The second-order valence-corrected chi connectivity index (χ2v) is 5.87. The highest BCUT2D eigenvalue weighted by Crippen LogP contribution is 2.42. The predicted octanol–water partition coefficient (Wildman–Crippen LogP) is 1.99. The Morgan fingerprint density at radius 1 is 1.39 bits per heavy atom. The summed E-state index contributed by atoms with van der Waals surface area (Å²) in [5.41, 5.74) is 0.186. The van der Waals surface area contributed by atoms with Crippen molar-refractivity contribution in [1.29, 1.82) is 0 Å². The number of aliphatic imine (C=N–C) groups is 1. The minimum Gasteiger partial charge on any atom is -0.381 e. The van der Waals surface area contributed by atoms with Crippen molar-refractivity contribution in [2.24, 2.45) is 16.3 Å². The first kappa shape index (κ1) is 16.0. The Morgan fingerprint density at radius 2 is 2.06 bits per heavy atom. The summed E-state index contributed by atoms with van der Waals surface area (Å²) in [6.45, 7) is 5.55. The van der Waals surface area contributed by atoms with Gasteiger partial charge >= 0.3 is 0 Å². The van der Waals surface area contributed by atoms with E-state index in [9.17, 15) is 0 Å². The molecule has 5 heteroatoms. The molecule has 0 spiro atoms. The molecule has 0 aliphatic heterocycles. The number of halogens is 1. The third-order valence-electron chi connectivity index (χ3n) is 4.25. The van der Waals surface area contributed by atoms with Gasteiger partial charge in [-0.25, -0.2) is 0 Å². The zero-order valence-electron chi connectivity index (χ0n) is 11.8. The normalized spacial score (nSPS) is 30.1. The van der Waals surface area contributed by atoms with Crippen molar-refractivity contribution >= 4 is 29.9 Å². The van der Waals surface area contributed by atoms with Gasteiger partial charge in [0.25, 0.3) is 0 Å². The number of nitrogens with zero attached hydrogens (tertiary/aromatic N) is 1. The Labute approximate surface area is 127 Å². The maximum absolute atomic E-state index is 5.45. The maximum Gasteiger partial charge on any atom is 0.191 e. The van der Waals surface area contributed by atoms with E-state index in [-0.39, 0.29) is 29.4 Å². The van der Waals surface area contributed by atoms with Crippen LogP contribution in [0.3, 0.4) is 0 Å². The van der Waals surface area contributed by atoms with Crippen molar-refractivity contribution in [2.45, 2.75) is 45.3 Å². The van der Waals surface area contributed by atoms with Gasteiger partial charge in [0.1, 0.15) is 0 Å². The Morgan fingerprint density at radius 3 is 2.50 bits per heavy atom. The highest BCUT2D eigenvalue weighted by atomic mass is 127. The first-order valence-corrected chi connectivity index (χ1v) is 6.58. The van der Waals surface area contributed by atoms with Crippen molar-refractivity contribution in [3.05, 3.63) is 0 Å². The van der Waals surface area contributed by atoms with E-state index < -0.39 is 0 Å². The number of hydrogen-bond donors (Lipinski definition) is 2. The van der Waals surface area contributed by atoms with Gasteiger partial charge < -0.3 is 15.4 Å². The predicted molar refractivity (Wildman–Crippen MR) is 85.6 cm³/mol. The highest BCUT2D eigenvalue weighted by Gasteiger charge is 2.48. The molecule has 2 fully saturated rings. The van der Waals surface area contributed by atoms with E-state index in [1.807, 2.05) is 7.05 Å². The van der Waals surface area contributed by atoms with Crippen molar-refractivity contribution in [3.8, 4) is 0 Å². The molecule has 2 saturated carbocycles. The summed E-state index contributed by atoms with van der Waals surface area (Å²) in [5.74, 6) is 1.80. The summed E-state index contributed by atoms with van der Waals surface area (Å²) in [7, 11) is 3.63. The third kappa shape index (κ3) is 3.50. The minimum absolute atomic E-state index is 0. The van der Waals surface area contributed by atoms with Crippen LogP contribution in [-0.2, 0) is 4.74 Å². The first-order chi connectivity index (χ1) is 8.07. The fourth-order valence-corrected chi connectivity index (χ4v) is 2.45. The van der Waals surface area contributed by atoms with E-state index >= 15 is 0 Å². The van der Waals surface area contributed by atoms with Gasteiger partial charge in [-0.3, -0.25) is 4.99 Å². The first-order valence-electron chi connectivity index (χ1n) is 6.58. The van der Waals surface area contributed by atoms with Crippen LogP contribution in [0.4, 0.5) is 0 Å². The van der Waals surface area contributed by atoms with E-state index in [2.05, 4.69) is 29.5 Å². The molecule has 2 N–H and O–H groups in total. The van der Waals surface area contributed by atoms with Gasteiger partial charge in [0, 0.05) is 32.2 Å². The molecule has 2 aliphatic carbocycles. The van der Waals surface area contributed by atoms with Gasteiger partial charge in [-0.05, 0) is 25.2 Å². The number of guanidine groups is 1. The molecule has 2 atom stereocenters. The maximum atomic E-state index is 5.45. The molecule has 0 aromatic carbocycles. The molecule has 0 bridgehead atoms. The van der Waals surface area contributed by atoms with Crippen LogP contribution in [-0.4, -0.2) is 38.8 Å². The van der Waals surface area contributed by atoms with Crippen LogP contribution in [0.2, 0.25) is 0 Å². The van der Waals surface area contributed by atoms with Crippen molar-refractivity contribution in [1.82, 2.24) is 10.6 Å². The topological polar surface area (TPSA) is 45.7 Å². The van der Waals surface area contributed by atoms with Crippen molar-refractivity contribution in [2.75, 3.05) is 20.7 Å². The second kappa shape index (κ2) is 6.41. The summed E-state index contributed by atoms with van der Waals surface area (Å²) in [4.78, 5) is 4.28. The number of methoxy groups -OCH3 is 1. The average Bonchev–Trinajstić information content (AvgIpc) is 3.11. The lowest BCUT2D eigenvalue weighted by Gasteiger charge is -2.51. The summed E-state index contributed by atoms with van der Waals surface area (Å²) in [6, 6.07) is 0.456. The van der Waals surface area contributed by atoms with Crippen LogP contribution >= 0.6 is 24.0 Å². The van der Waals surface area contributed by atoms with Crippen LogP contribution in [0.1, 0.15) is 33.1 Å². The Balaban J connectivity index is 0.00000162. The van der Waals surface area contributed by atoms with Crippen molar-refractivity contribution in [3.63, 3.8) is 0 Å². The van der Waals surface area contributed by atoms with Gasteiger partial charge in [0.15, 0.2) is 5.96 Å². The number of ether oxygens (including phenoxy) is 1. The lowest BCUT2D eigenvalue weighted by atomic mass is 9.64. The molecule has 0 radical (unpaired) electrons. The van der Waals surface area contributed by atoms with E-state index in [1.54, 1.807) is 7.11 Å². The minimum atomic E-state index is 0. The zero-order chi connectivity index (χ0) is 12.5. The SMILES string of the molecule is CN=C(NCC1CC1)NC1CC(OC)C1(C)C.I. The second-order valence-electron chi connectivity index (χ2n) is 5.87. The average molecular weight is 367 g/mol. The van der Waals surface area contributed by atoms with Crippen LogP contribution in [0.15, 0.2) is 4.99 Å². The fraction of sp³-hybridized carbons (Fsp3) is 0.923. The molecular weight excluding hydrogens is 341 g/mol. The molecule has 0 aromatic rings. The van der Waals surface area contributed by atoms with Crippen LogP contribution in [0.25, 0.3) is 0 Å². The Hall–Kier alpha value is -0.0400. The van der Waals surface area contributed by atoms with Gasteiger partial charge in [0.05, 0.1) is 6.10 Å². The lowest BCUT2D eigenvalue weighted by molar-refractivity contribution is -0.0922. The largest absolute Gasteiger partial charge is 0.381 e. The zero-order valence-corrected chi connectivity index (χ0v) is 14.2. The fourth-order valence-electron chi connectivity index (χ4n) is 2.45. The molecule has 106 valence electrons. The molecular formula is C13H26IN3O. The number of rotatable bonds is 4. The van der Waals surface area contributed by atoms with E-state index in [0.717, 1.165) is 24.8 Å². The van der Waals surface area contributed by atoms with Gasteiger partial charge in [0.2, 0.25) is 0 Å². The van der Waals surface area contributed by atoms with Crippen LogP contribution in [0, 0.1) is 11.3 Å². The lowest BCUT2D eigenvalue weighted by Crippen LogP contribution is -2.63. The van der Waals surface area contributed by atoms with E-state index in [0.29, 0.717) is 12.1 Å². The molecule has 0 saturated heterocycles. The summed E-state index contributed by atoms with van der Waals surface area (Å²) >= 11 is 0. The molecule has 2 unspecified atom stereocenters. The Bertz CT molecular complexity index is 303. The van der Waals surface area contributed by atoms with E-state index in [4.69, 9.17) is 4.74 Å². The molecule has 2 rings (SSSR count). The van der Waals surface area contributed by atoms with Gasteiger partial charge in [-0.2, -0.15) is 0 Å². The standard InChI is InChI=1S/C13H25N3O.HI/c1-13(2)10(7-11(13)17-4)16-12(14-3)15-8-9-5-6-9;/h9-11H,5-8H2,1-4H3,(H2,14,15,16);1H. The number of hydrogen-bond acceptors (Lipinski definition) is 2. The van der Waals surface area contributed by atoms with Crippen molar-refractivity contribution < 1.29 is 4.74 Å². The van der Waals surface area contributed by atoms with E-state index in [1.165, 1.54) is 12.8 Å². The highest BCUT2D eigenvalue weighted by molar-refractivity contribution is 14.0. The van der Waals surface area contributed by atoms with Gasteiger partial charge in [-0.15, -0.1) is 24.0 Å². The van der Waals surface area contributed by atoms with Crippen LogP contribution in [0.5, 0.6) is 0 Å². The summed E-state index contributed by atoms with van der Waals surface area (Å²) in [6.07, 6.45) is 4.16. The molecule has 0 aromatic heterocycles. The molecule has 0 amide bonds. The van der Waals surface area contributed by atoms with Crippen LogP contribution < -0.4 is 10.6 Å². The monoisotopic (exact) mass is 367 g/mol. The number of nitrogens with one attached hydrogen (secondary N) is 2. The van der Waals surface area contributed by atoms with Gasteiger partial charge in [-0.1, -0.05) is 13.8 Å². The third-order valence-corrected chi connectivity index (χ3v) is 4.25. The molecule has 2 aliphatic rings. The molecule has 0 heterocycles. The summed E-state index contributed by atoms with van der Waals surface area (Å²) in [5, 5.41) is 6.90.